The Morgan fingerprint density at radius 3 is 2.33 bits per heavy atom. The van der Waals surface area contributed by atoms with E-state index in [4.69, 9.17) is 4.74 Å². The fourth-order valence-electron chi connectivity index (χ4n) is 4.11. The van der Waals surface area contributed by atoms with Gasteiger partial charge in [-0.2, -0.15) is 0 Å². The second-order valence-electron chi connectivity index (χ2n) is 8.77. The van der Waals surface area contributed by atoms with E-state index in [2.05, 4.69) is 15.6 Å². The molecule has 10 nitrogen and oxygen atoms in total. The molecule has 0 aliphatic carbocycles. The van der Waals surface area contributed by atoms with E-state index >= 15 is 0 Å². The number of amides is 2. The highest BCUT2D eigenvalue weighted by molar-refractivity contribution is 6.07. The number of nitrogens with zero attached hydrogens (tertiary/aromatic N) is 1. The van der Waals surface area contributed by atoms with Gasteiger partial charge in [-0.05, 0) is 59.2 Å². The number of ether oxygens (including phenoxy) is 1. The van der Waals surface area contributed by atoms with Crippen LogP contribution in [0.25, 0.3) is 22.0 Å². The summed E-state index contributed by atoms with van der Waals surface area (Å²) in [5.41, 5.74) is 2.65. The number of carboxylic acid groups (broad SMARTS) is 1. The summed E-state index contributed by atoms with van der Waals surface area (Å²) in [5, 5.41) is 25.0. The second kappa shape index (κ2) is 11.4. The molecule has 0 spiro atoms. The summed E-state index contributed by atoms with van der Waals surface area (Å²) in [7, 11) is 1.19. The maximum Gasteiger partial charge on any atom is 0.336 e. The number of rotatable bonds is 8. The Morgan fingerprint density at radius 2 is 1.67 bits per heavy atom. The number of aromatic carboxylic acids is 1. The molecule has 0 aliphatic heterocycles. The Balaban J connectivity index is 1.66. The lowest BCUT2D eigenvalue weighted by atomic mass is 9.99. The number of anilines is 1. The van der Waals surface area contributed by atoms with Gasteiger partial charge < -0.3 is 25.6 Å². The van der Waals surface area contributed by atoms with E-state index in [1.807, 2.05) is 6.07 Å². The number of nitrogens with one attached hydrogen (secondary N) is 2. The summed E-state index contributed by atoms with van der Waals surface area (Å²) in [5.74, 6) is -2.86. The van der Waals surface area contributed by atoms with Gasteiger partial charge in [0.25, 0.3) is 5.91 Å². The normalized spacial score (nSPS) is 11.4. The smallest absolute Gasteiger partial charge is 0.336 e. The van der Waals surface area contributed by atoms with Crippen LogP contribution < -0.4 is 10.6 Å². The molecule has 2 amide bonds. The van der Waals surface area contributed by atoms with E-state index < -0.39 is 23.9 Å². The molecule has 1 atom stereocenters. The van der Waals surface area contributed by atoms with Crippen LogP contribution in [0.1, 0.15) is 33.3 Å². The number of aromatic nitrogens is 1. The maximum atomic E-state index is 13.1. The molecule has 3 aromatic carbocycles. The van der Waals surface area contributed by atoms with Gasteiger partial charge in [0.05, 0.1) is 18.2 Å². The van der Waals surface area contributed by atoms with Gasteiger partial charge in [0, 0.05) is 24.4 Å². The van der Waals surface area contributed by atoms with Gasteiger partial charge in [-0.1, -0.05) is 30.3 Å². The first kappa shape index (κ1) is 26.8. The van der Waals surface area contributed by atoms with Crippen molar-refractivity contribution in [1.29, 1.82) is 0 Å². The van der Waals surface area contributed by atoms with Gasteiger partial charge in [-0.3, -0.25) is 9.59 Å². The first-order chi connectivity index (χ1) is 18.6. The molecule has 0 bridgehead atoms. The third-order valence-corrected chi connectivity index (χ3v) is 5.96. The fraction of sp³-hybridized carbons (Fsp3) is 0.138. The van der Waals surface area contributed by atoms with Crippen LogP contribution in [-0.2, 0) is 20.7 Å². The van der Waals surface area contributed by atoms with E-state index in [9.17, 15) is 29.4 Å². The zero-order chi connectivity index (χ0) is 28.1. The molecule has 1 heterocycles. The highest BCUT2D eigenvalue weighted by Gasteiger charge is 2.25. The number of hydrogen-bond acceptors (Lipinski definition) is 7. The van der Waals surface area contributed by atoms with Crippen molar-refractivity contribution in [3.63, 3.8) is 0 Å². The highest BCUT2D eigenvalue weighted by atomic mass is 16.5. The van der Waals surface area contributed by atoms with Crippen molar-refractivity contribution in [2.45, 2.75) is 19.4 Å². The minimum atomic E-state index is -1.26. The minimum absolute atomic E-state index is 0.0579. The number of aromatic hydroxyl groups is 1. The van der Waals surface area contributed by atoms with E-state index in [0.717, 1.165) is 11.6 Å². The van der Waals surface area contributed by atoms with Crippen LogP contribution in [-0.4, -0.2) is 52.1 Å². The fourth-order valence-corrected chi connectivity index (χ4v) is 4.11. The summed E-state index contributed by atoms with van der Waals surface area (Å²) in [4.78, 5) is 53.4. The van der Waals surface area contributed by atoms with Crippen molar-refractivity contribution in [2.24, 2.45) is 0 Å². The number of carbonyl (C=O) groups excluding carboxylic acids is 3. The molecular weight excluding hydrogens is 502 g/mol. The number of carbonyl (C=O) groups is 4. The summed E-state index contributed by atoms with van der Waals surface area (Å²) in [6.45, 7) is 1.40. The van der Waals surface area contributed by atoms with Gasteiger partial charge >= 0.3 is 11.9 Å². The topological polar surface area (TPSA) is 155 Å². The first-order valence-corrected chi connectivity index (χ1v) is 11.9. The Bertz CT molecular complexity index is 1580. The van der Waals surface area contributed by atoms with Gasteiger partial charge in [0.2, 0.25) is 5.91 Å². The van der Waals surface area contributed by atoms with E-state index in [1.165, 1.54) is 26.2 Å². The molecule has 39 heavy (non-hydrogen) atoms. The largest absolute Gasteiger partial charge is 0.508 e. The number of phenols is 1. The molecule has 0 unspecified atom stereocenters. The van der Waals surface area contributed by atoms with E-state index in [1.54, 1.807) is 48.5 Å². The number of phenolic OH excluding ortho intramolecular Hbond substituents is 1. The van der Waals surface area contributed by atoms with Crippen LogP contribution in [0.15, 0.2) is 72.8 Å². The minimum Gasteiger partial charge on any atom is -0.508 e. The molecule has 4 aromatic rings. The molecule has 4 N–H and O–H groups in total. The van der Waals surface area contributed by atoms with Crippen LogP contribution in [0.5, 0.6) is 5.75 Å². The van der Waals surface area contributed by atoms with E-state index in [-0.39, 0.29) is 34.9 Å². The predicted octanol–water partition coefficient (Wildman–Crippen LogP) is 3.78. The van der Waals surface area contributed by atoms with Crippen molar-refractivity contribution in [3.8, 4) is 16.9 Å². The zero-order valence-corrected chi connectivity index (χ0v) is 21.1. The third kappa shape index (κ3) is 6.37. The predicted molar refractivity (Wildman–Crippen MR) is 144 cm³/mol. The molecular formula is C29H25N3O7. The molecule has 0 radical (unpaired) electrons. The molecule has 10 heteroatoms. The summed E-state index contributed by atoms with van der Waals surface area (Å²) in [6.07, 6.45) is 0.0823. The summed E-state index contributed by atoms with van der Waals surface area (Å²) < 4.78 is 4.82. The molecule has 198 valence electrons. The average Bonchev–Trinajstić information content (AvgIpc) is 2.92. The quantitative estimate of drug-likeness (QED) is 0.252. The monoisotopic (exact) mass is 527 g/mol. The number of methoxy groups -OCH3 is 1. The van der Waals surface area contributed by atoms with Gasteiger partial charge in [-0.15, -0.1) is 0 Å². The lowest BCUT2D eigenvalue weighted by molar-refractivity contribution is -0.142. The van der Waals surface area contributed by atoms with Gasteiger partial charge in [-0.25, -0.2) is 14.6 Å². The Labute approximate surface area is 223 Å². The van der Waals surface area contributed by atoms with Gasteiger partial charge in [0.15, 0.2) is 0 Å². The van der Waals surface area contributed by atoms with Crippen molar-refractivity contribution in [1.82, 2.24) is 10.3 Å². The van der Waals surface area contributed by atoms with Crippen LogP contribution in [0.2, 0.25) is 0 Å². The number of fused-ring (bicyclic) bond motifs is 1. The van der Waals surface area contributed by atoms with Crippen LogP contribution in [0, 0.1) is 0 Å². The Morgan fingerprint density at radius 1 is 0.949 bits per heavy atom. The van der Waals surface area contributed by atoms with Crippen LogP contribution >= 0.6 is 0 Å². The highest BCUT2D eigenvalue weighted by Crippen LogP contribution is 2.28. The summed E-state index contributed by atoms with van der Waals surface area (Å²) in [6, 6.07) is 18.3. The average molecular weight is 528 g/mol. The van der Waals surface area contributed by atoms with Crippen molar-refractivity contribution in [2.75, 3.05) is 12.4 Å². The number of pyridine rings is 1. The lowest BCUT2D eigenvalue weighted by Crippen LogP contribution is -2.43. The van der Waals surface area contributed by atoms with Gasteiger partial charge in [0.1, 0.15) is 17.5 Å². The molecule has 0 fully saturated rings. The Hall–Kier alpha value is -5.25. The van der Waals surface area contributed by atoms with E-state index in [0.29, 0.717) is 22.2 Å². The van der Waals surface area contributed by atoms with Crippen molar-refractivity contribution >= 4 is 40.3 Å². The van der Waals surface area contributed by atoms with Crippen molar-refractivity contribution in [3.05, 3.63) is 89.6 Å². The second-order valence-corrected chi connectivity index (χ2v) is 8.77. The van der Waals surface area contributed by atoms with Crippen LogP contribution in [0.4, 0.5) is 5.69 Å². The Kier molecular flexibility index (Phi) is 7.85. The lowest BCUT2D eigenvalue weighted by Gasteiger charge is -2.17. The number of esters is 1. The standard InChI is InChI=1S/C29H25N3O7/c1-16(33)30-20-5-3-4-18(13-20)19-8-11-24-22(14-19)23(28(36)37)15-25(31-24)27(35)32-26(29(38)39-2)12-17-6-9-21(34)10-7-17/h3-11,13-15,26,34H,12H2,1-2H3,(H,30,33)(H,32,35)(H,36,37)/t26-/m0/s1. The van der Waals surface area contributed by atoms with Crippen LogP contribution in [0.3, 0.4) is 0 Å². The zero-order valence-electron chi connectivity index (χ0n) is 21.1. The molecule has 0 saturated carbocycles. The number of carboxylic acids is 1. The molecule has 1 aromatic heterocycles. The molecule has 4 rings (SSSR count). The SMILES string of the molecule is COC(=O)[C@H](Cc1ccc(O)cc1)NC(=O)c1cc(C(=O)O)c2cc(-c3cccc(NC(C)=O)c3)ccc2n1. The third-order valence-electron chi connectivity index (χ3n) is 5.96. The number of benzene rings is 3. The van der Waals surface area contributed by atoms with Crippen molar-refractivity contribution < 1.29 is 34.1 Å². The first-order valence-electron chi connectivity index (χ1n) is 11.9. The maximum absolute atomic E-state index is 13.1. The summed E-state index contributed by atoms with van der Waals surface area (Å²) >= 11 is 0. The molecule has 0 aliphatic rings. The molecule has 0 saturated heterocycles. The number of hydrogen-bond donors (Lipinski definition) is 4.